The number of fused-ring (bicyclic) bond motifs is 1. The third-order valence-corrected chi connectivity index (χ3v) is 5.03. The van der Waals surface area contributed by atoms with Crippen molar-refractivity contribution in [2.75, 3.05) is 0 Å². The molecule has 0 radical (unpaired) electrons. The summed E-state index contributed by atoms with van der Waals surface area (Å²) in [4.78, 5) is 19.9. The molecule has 2 atom stereocenters. The highest BCUT2D eigenvalue weighted by atomic mass is 35.5. The molecule has 0 spiro atoms. The molecule has 0 aliphatic heterocycles. The fraction of sp³-hybridized carbons (Fsp3) is 0.429. The summed E-state index contributed by atoms with van der Waals surface area (Å²) in [5.41, 5.74) is 1.12. The number of nitrogens with zero attached hydrogens (tertiary/aromatic N) is 1. The number of carbonyl (C=O) groups is 1. The van der Waals surface area contributed by atoms with E-state index in [0.29, 0.717) is 6.42 Å². The molecule has 0 bridgehead atoms. The zero-order valence-electron chi connectivity index (χ0n) is 11.2. The summed E-state index contributed by atoms with van der Waals surface area (Å²) in [6.45, 7) is 3.65. The van der Waals surface area contributed by atoms with E-state index in [9.17, 15) is 4.79 Å². The molecular formula is C14H15Cl2N3O. The molecule has 2 N–H and O–H groups in total. The second kappa shape index (κ2) is 4.37. The molecule has 1 aliphatic carbocycles. The Hall–Kier alpha value is -1.26. The number of carbonyl (C=O) groups excluding carboxylic acids is 1. The average Bonchev–Trinajstić information content (AvgIpc) is 2.76. The van der Waals surface area contributed by atoms with Gasteiger partial charge in [0.2, 0.25) is 5.91 Å². The minimum Gasteiger partial charge on any atom is -0.346 e. The van der Waals surface area contributed by atoms with Crippen LogP contribution in [0, 0.1) is 5.41 Å². The van der Waals surface area contributed by atoms with Gasteiger partial charge in [0.15, 0.2) is 0 Å². The summed E-state index contributed by atoms with van der Waals surface area (Å²) in [7, 11) is 0. The van der Waals surface area contributed by atoms with Crippen LogP contribution in [0.3, 0.4) is 0 Å². The smallest absolute Gasteiger partial charge is 0.229 e. The van der Waals surface area contributed by atoms with Gasteiger partial charge >= 0.3 is 0 Å². The largest absolute Gasteiger partial charge is 0.346 e. The first-order chi connectivity index (χ1) is 9.33. The second-order valence-electron chi connectivity index (χ2n) is 5.55. The van der Waals surface area contributed by atoms with E-state index in [1.165, 1.54) is 0 Å². The van der Waals surface area contributed by atoms with Crippen molar-refractivity contribution in [1.29, 1.82) is 0 Å². The van der Waals surface area contributed by atoms with Crippen LogP contribution in [0.1, 0.15) is 32.1 Å². The topological polar surface area (TPSA) is 57.8 Å². The van der Waals surface area contributed by atoms with Crippen LogP contribution in [0.15, 0.2) is 24.3 Å². The lowest BCUT2D eigenvalue weighted by atomic mass is 10.1. The molecule has 106 valence electrons. The molecule has 1 aliphatic rings. The van der Waals surface area contributed by atoms with Crippen molar-refractivity contribution in [3.63, 3.8) is 0 Å². The number of aromatic amines is 1. The van der Waals surface area contributed by atoms with Gasteiger partial charge in [-0.3, -0.25) is 4.79 Å². The lowest BCUT2D eigenvalue weighted by molar-refractivity contribution is -0.126. The number of H-pyrrole nitrogens is 1. The summed E-state index contributed by atoms with van der Waals surface area (Å²) < 4.78 is -0.954. The molecule has 1 aromatic heterocycles. The number of alkyl halides is 2. The minimum absolute atomic E-state index is 0.143. The molecule has 1 fully saturated rings. The number of hydrogen-bond donors (Lipinski definition) is 2. The first kappa shape index (κ1) is 13.7. The monoisotopic (exact) mass is 311 g/mol. The standard InChI is InChI=1S/C14H15Cl2N3O/c1-8(17-12(20)13(2)7-14(13,15)16)11-18-9-5-3-4-6-10(9)19-11/h3-6,8H,7H2,1-2H3,(H,17,20)(H,18,19)/t8-,13+/m1/s1. The summed E-state index contributed by atoms with van der Waals surface area (Å²) in [5.74, 6) is 0.578. The number of nitrogens with one attached hydrogen (secondary N) is 2. The lowest BCUT2D eigenvalue weighted by Gasteiger charge is -2.16. The van der Waals surface area contributed by atoms with Gasteiger partial charge in [0, 0.05) is 0 Å². The maximum absolute atomic E-state index is 12.2. The van der Waals surface area contributed by atoms with Gasteiger partial charge in [0.25, 0.3) is 0 Å². The van der Waals surface area contributed by atoms with Gasteiger partial charge in [-0.15, -0.1) is 23.2 Å². The van der Waals surface area contributed by atoms with Crippen molar-refractivity contribution in [3.8, 4) is 0 Å². The van der Waals surface area contributed by atoms with E-state index in [-0.39, 0.29) is 11.9 Å². The number of rotatable bonds is 3. The molecule has 4 nitrogen and oxygen atoms in total. The van der Waals surface area contributed by atoms with E-state index in [0.717, 1.165) is 16.9 Å². The van der Waals surface area contributed by atoms with Gasteiger partial charge in [-0.1, -0.05) is 12.1 Å². The van der Waals surface area contributed by atoms with Crippen molar-refractivity contribution in [1.82, 2.24) is 15.3 Å². The van der Waals surface area contributed by atoms with Crippen molar-refractivity contribution in [3.05, 3.63) is 30.1 Å². The van der Waals surface area contributed by atoms with Crippen LogP contribution in [0.2, 0.25) is 0 Å². The van der Waals surface area contributed by atoms with E-state index in [4.69, 9.17) is 23.2 Å². The molecule has 20 heavy (non-hydrogen) atoms. The average molecular weight is 312 g/mol. The molecule has 3 rings (SSSR count). The fourth-order valence-corrected chi connectivity index (χ4v) is 2.95. The van der Waals surface area contributed by atoms with E-state index in [1.807, 2.05) is 31.2 Å². The molecule has 2 aromatic rings. The van der Waals surface area contributed by atoms with Crippen molar-refractivity contribution in [2.45, 2.75) is 30.6 Å². The van der Waals surface area contributed by atoms with Crippen molar-refractivity contribution in [2.24, 2.45) is 5.41 Å². The molecule has 1 amide bonds. The highest BCUT2D eigenvalue weighted by molar-refractivity contribution is 6.53. The number of amides is 1. The van der Waals surface area contributed by atoms with Crippen LogP contribution in [0.4, 0.5) is 0 Å². The van der Waals surface area contributed by atoms with Crippen molar-refractivity contribution >= 4 is 40.1 Å². The number of aromatic nitrogens is 2. The SMILES string of the molecule is C[C@@H](NC(=O)[C@]1(C)CC1(Cl)Cl)c1nc2ccccc2[nH]1. The summed E-state index contributed by atoms with van der Waals surface area (Å²) >= 11 is 12.0. The number of imidazole rings is 1. The van der Waals surface area contributed by atoms with Crippen molar-refractivity contribution < 1.29 is 4.79 Å². The lowest BCUT2D eigenvalue weighted by Crippen LogP contribution is -2.35. The van der Waals surface area contributed by atoms with Crippen LogP contribution in [0.25, 0.3) is 11.0 Å². The third kappa shape index (κ3) is 2.07. The van der Waals surface area contributed by atoms with Gasteiger partial charge in [0.05, 0.1) is 22.5 Å². The number of halogens is 2. The van der Waals surface area contributed by atoms with Gasteiger partial charge in [-0.25, -0.2) is 4.98 Å². The van der Waals surface area contributed by atoms with Gasteiger partial charge in [0.1, 0.15) is 10.2 Å². The number of benzene rings is 1. The van der Waals surface area contributed by atoms with E-state index in [1.54, 1.807) is 6.92 Å². The highest BCUT2D eigenvalue weighted by Crippen LogP contribution is 2.63. The summed E-state index contributed by atoms with van der Waals surface area (Å²) in [6, 6.07) is 7.52. The molecule has 6 heteroatoms. The van der Waals surface area contributed by atoms with E-state index < -0.39 is 9.75 Å². The first-order valence-electron chi connectivity index (χ1n) is 6.47. The Balaban J connectivity index is 1.76. The van der Waals surface area contributed by atoms with E-state index in [2.05, 4.69) is 15.3 Å². The van der Waals surface area contributed by atoms with Crippen LogP contribution >= 0.6 is 23.2 Å². The van der Waals surface area contributed by atoms with Gasteiger partial charge < -0.3 is 10.3 Å². The van der Waals surface area contributed by atoms with Crippen LogP contribution in [-0.4, -0.2) is 20.2 Å². The normalized spacial score (nSPS) is 25.4. The summed E-state index contributed by atoms with van der Waals surface area (Å²) in [6.07, 6.45) is 0.474. The molecule has 1 heterocycles. The Bertz CT molecular complexity index is 649. The number of hydrogen-bond acceptors (Lipinski definition) is 2. The summed E-state index contributed by atoms with van der Waals surface area (Å²) in [5, 5.41) is 2.91. The minimum atomic E-state index is -0.954. The quantitative estimate of drug-likeness (QED) is 0.854. The predicted molar refractivity (Wildman–Crippen MR) is 79.8 cm³/mol. The maximum Gasteiger partial charge on any atom is 0.229 e. The third-order valence-electron chi connectivity index (χ3n) is 3.92. The molecule has 1 saturated carbocycles. The van der Waals surface area contributed by atoms with Gasteiger partial charge in [-0.05, 0) is 32.4 Å². The molecular weight excluding hydrogens is 297 g/mol. The van der Waals surface area contributed by atoms with E-state index >= 15 is 0 Å². The molecule has 1 aromatic carbocycles. The Morgan fingerprint density at radius 3 is 2.70 bits per heavy atom. The van der Waals surface area contributed by atoms with Crippen LogP contribution < -0.4 is 5.32 Å². The zero-order chi connectivity index (χ0) is 14.5. The Labute approximate surface area is 126 Å². The molecule has 0 unspecified atom stereocenters. The van der Waals surface area contributed by atoms with Gasteiger partial charge in [-0.2, -0.15) is 0 Å². The predicted octanol–water partition coefficient (Wildman–Crippen LogP) is 3.32. The first-order valence-corrected chi connectivity index (χ1v) is 7.22. The number of para-hydroxylation sites is 2. The highest BCUT2D eigenvalue weighted by Gasteiger charge is 2.68. The zero-order valence-corrected chi connectivity index (χ0v) is 12.7. The second-order valence-corrected chi connectivity index (χ2v) is 7.03. The maximum atomic E-state index is 12.2. The Morgan fingerprint density at radius 2 is 2.10 bits per heavy atom. The Kier molecular flexibility index (Phi) is 2.99. The van der Waals surface area contributed by atoms with Crippen LogP contribution in [0.5, 0.6) is 0 Å². The Morgan fingerprint density at radius 1 is 1.45 bits per heavy atom. The molecule has 0 saturated heterocycles. The fourth-order valence-electron chi connectivity index (χ4n) is 2.25. The van der Waals surface area contributed by atoms with Crippen LogP contribution in [-0.2, 0) is 4.79 Å².